The summed E-state index contributed by atoms with van der Waals surface area (Å²) in [6.45, 7) is 3.90. The molecule has 4 nitrogen and oxygen atoms in total. The standard InChI is InChI=1S/C16H21BrN2O2/c17-12-5-6-14(16(20)21)15(11-12)19-9-7-18(8-10-19)13-3-1-2-4-13/h5-6,11,13H,1-4,7-10H2,(H,20,21). The Hall–Kier alpha value is -1.07. The summed E-state index contributed by atoms with van der Waals surface area (Å²) in [4.78, 5) is 16.2. The summed E-state index contributed by atoms with van der Waals surface area (Å²) in [7, 11) is 0. The Morgan fingerprint density at radius 3 is 2.43 bits per heavy atom. The smallest absolute Gasteiger partial charge is 0.337 e. The van der Waals surface area contributed by atoms with Crippen molar-refractivity contribution in [2.45, 2.75) is 31.7 Å². The van der Waals surface area contributed by atoms with E-state index in [1.165, 1.54) is 25.7 Å². The Morgan fingerprint density at radius 1 is 1.14 bits per heavy atom. The predicted octanol–water partition coefficient (Wildman–Crippen LogP) is 3.21. The van der Waals surface area contributed by atoms with E-state index in [2.05, 4.69) is 25.7 Å². The molecule has 2 aliphatic rings. The molecule has 1 saturated carbocycles. The predicted molar refractivity (Wildman–Crippen MR) is 87.1 cm³/mol. The molecule has 1 aromatic rings. The van der Waals surface area contributed by atoms with Gasteiger partial charge in [0, 0.05) is 36.7 Å². The van der Waals surface area contributed by atoms with Gasteiger partial charge in [-0.15, -0.1) is 0 Å². The number of benzene rings is 1. The molecule has 0 bridgehead atoms. The minimum atomic E-state index is -0.851. The second-order valence-corrected chi connectivity index (χ2v) is 6.84. The van der Waals surface area contributed by atoms with Crippen LogP contribution in [0, 0.1) is 0 Å². The van der Waals surface area contributed by atoms with E-state index in [4.69, 9.17) is 0 Å². The van der Waals surface area contributed by atoms with Gasteiger partial charge in [-0.25, -0.2) is 4.79 Å². The van der Waals surface area contributed by atoms with E-state index >= 15 is 0 Å². The first-order chi connectivity index (χ1) is 10.1. The summed E-state index contributed by atoms with van der Waals surface area (Å²) in [5.41, 5.74) is 1.23. The molecule has 1 aromatic carbocycles. The zero-order chi connectivity index (χ0) is 14.8. The second-order valence-electron chi connectivity index (χ2n) is 5.93. The Balaban J connectivity index is 1.71. The van der Waals surface area contributed by atoms with Crippen molar-refractivity contribution in [3.63, 3.8) is 0 Å². The van der Waals surface area contributed by atoms with Gasteiger partial charge in [-0.05, 0) is 31.0 Å². The summed E-state index contributed by atoms with van der Waals surface area (Å²) in [6.07, 6.45) is 5.38. The number of hydrogen-bond donors (Lipinski definition) is 1. The van der Waals surface area contributed by atoms with Crippen LogP contribution in [0.2, 0.25) is 0 Å². The molecule has 1 saturated heterocycles. The molecule has 1 aliphatic heterocycles. The van der Waals surface area contributed by atoms with Crippen molar-refractivity contribution in [3.8, 4) is 0 Å². The zero-order valence-corrected chi connectivity index (χ0v) is 13.7. The largest absolute Gasteiger partial charge is 0.478 e. The number of halogens is 1. The lowest BCUT2D eigenvalue weighted by Gasteiger charge is -2.39. The number of carboxylic acid groups (broad SMARTS) is 1. The lowest BCUT2D eigenvalue weighted by molar-refractivity contribution is 0.0697. The van der Waals surface area contributed by atoms with E-state index < -0.39 is 5.97 Å². The maximum atomic E-state index is 11.4. The van der Waals surface area contributed by atoms with Gasteiger partial charge in [0.15, 0.2) is 0 Å². The molecule has 0 aromatic heterocycles. The van der Waals surface area contributed by atoms with Gasteiger partial charge < -0.3 is 10.0 Å². The maximum absolute atomic E-state index is 11.4. The van der Waals surface area contributed by atoms with Gasteiger partial charge in [-0.3, -0.25) is 4.90 Å². The minimum Gasteiger partial charge on any atom is -0.478 e. The number of carboxylic acids is 1. The molecule has 1 heterocycles. The molecule has 1 aliphatic carbocycles. The number of nitrogens with zero attached hydrogens (tertiary/aromatic N) is 2. The highest BCUT2D eigenvalue weighted by atomic mass is 79.9. The fraction of sp³-hybridized carbons (Fsp3) is 0.562. The van der Waals surface area contributed by atoms with E-state index in [1.54, 1.807) is 12.1 Å². The van der Waals surface area contributed by atoms with E-state index in [0.717, 1.165) is 42.4 Å². The first-order valence-corrected chi connectivity index (χ1v) is 8.46. The molecule has 21 heavy (non-hydrogen) atoms. The average Bonchev–Trinajstić information content (AvgIpc) is 3.01. The average molecular weight is 353 g/mol. The van der Waals surface area contributed by atoms with E-state index in [0.29, 0.717) is 5.56 Å². The molecule has 0 spiro atoms. The van der Waals surface area contributed by atoms with Crippen LogP contribution in [-0.4, -0.2) is 48.2 Å². The van der Waals surface area contributed by atoms with Crippen molar-refractivity contribution < 1.29 is 9.90 Å². The van der Waals surface area contributed by atoms with Crippen molar-refractivity contribution in [2.24, 2.45) is 0 Å². The van der Waals surface area contributed by atoms with Gasteiger partial charge in [-0.1, -0.05) is 28.8 Å². The fourth-order valence-electron chi connectivity index (χ4n) is 3.54. The number of aromatic carboxylic acids is 1. The van der Waals surface area contributed by atoms with Crippen LogP contribution < -0.4 is 4.90 Å². The minimum absolute atomic E-state index is 0.396. The highest BCUT2D eigenvalue weighted by molar-refractivity contribution is 9.10. The van der Waals surface area contributed by atoms with Crippen molar-refractivity contribution in [1.82, 2.24) is 4.90 Å². The normalized spacial score (nSPS) is 20.9. The molecule has 5 heteroatoms. The number of hydrogen-bond acceptors (Lipinski definition) is 3. The van der Waals surface area contributed by atoms with Crippen LogP contribution in [0.1, 0.15) is 36.0 Å². The van der Waals surface area contributed by atoms with Gasteiger partial charge in [0.1, 0.15) is 0 Å². The topological polar surface area (TPSA) is 43.8 Å². The SMILES string of the molecule is O=C(O)c1ccc(Br)cc1N1CCN(C2CCCC2)CC1. The first kappa shape index (κ1) is 14.9. The summed E-state index contributed by atoms with van der Waals surface area (Å²) in [6, 6.07) is 6.16. The number of carbonyl (C=O) groups is 1. The molecule has 3 rings (SSSR count). The number of piperazine rings is 1. The fourth-order valence-corrected chi connectivity index (χ4v) is 3.89. The molecule has 0 amide bonds. The van der Waals surface area contributed by atoms with Crippen LogP contribution in [0.3, 0.4) is 0 Å². The Morgan fingerprint density at radius 2 is 1.81 bits per heavy atom. The third-order valence-electron chi connectivity index (χ3n) is 4.69. The highest BCUT2D eigenvalue weighted by Gasteiger charge is 2.27. The summed E-state index contributed by atoms with van der Waals surface area (Å²) >= 11 is 3.45. The Kier molecular flexibility index (Phi) is 4.50. The molecule has 114 valence electrons. The van der Waals surface area contributed by atoms with Crippen LogP contribution in [-0.2, 0) is 0 Å². The molecule has 0 unspecified atom stereocenters. The van der Waals surface area contributed by atoms with Gasteiger partial charge in [0.25, 0.3) is 0 Å². The lowest BCUT2D eigenvalue weighted by atomic mass is 10.1. The van der Waals surface area contributed by atoms with Gasteiger partial charge in [0.2, 0.25) is 0 Å². The van der Waals surface area contributed by atoms with E-state index in [1.807, 2.05) is 6.07 Å². The quantitative estimate of drug-likeness (QED) is 0.906. The number of anilines is 1. The van der Waals surface area contributed by atoms with Crippen LogP contribution in [0.15, 0.2) is 22.7 Å². The van der Waals surface area contributed by atoms with Crippen LogP contribution in [0.4, 0.5) is 5.69 Å². The first-order valence-electron chi connectivity index (χ1n) is 7.67. The maximum Gasteiger partial charge on any atom is 0.337 e. The van der Waals surface area contributed by atoms with E-state index in [-0.39, 0.29) is 0 Å². The zero-order valence-electron chi connectivity index (χ0n) is 12.1. The van der Waals surface area contributed by atoms with Gasteiger partial charge in [-0.2, -0.15) is 0 Å². The molecular formula is C16H21BrN2O2. The Bertz CT molecular complexity index is 521. The molecule has 1 N–H and O–H groups in total. The summed E-state index contributed by atoms with van der Waals surface area (Å²) in [5, 5.41) is 9.36. The van der Waals surface area contributed by atoms with Crippen molar-refractivity contribution >= 4 is 27.6 Å². The summed E-state index contributed by atoms with van der Waals surface area (Å²) in [5.74, 6) is -0.851. The molecule has 0 radical (unpaired) electrons. The van der Waals surface area contributed by atoms with Crippen LogP contribution >= 0.6 is 15.9 Å². The van der Waals surface area contributed by atoms with Crippen LogP contribution in [0.5, 0.6) is 0 Å². The highest BCUT2D eigenvalue weighted by Crippen LogP contribution is 2.29. The summed E-state index contributed by atoms with van der Waals surface area (Å²) < 4.78 is 0.931. The lowest BCUT2D eigenvalue weighted by Crippen LogP contribution is -2.50. The van der Waals surface area contributed by atoms with Crippen molar-refractivity contribution in [3.05, 3.63) is 28.2 Å². The molecular weight excluding hydrogens is 332 g/mol. The monoisotopic (exact) mass is 352 g/mol. The Labute approximate surface area is 133 Å². The van der Waals surface area contributed by atoms with E-state index in [9.17, 15) is 9.90 Å². The third-order valence-corrected chi connectivity index (χ3v) is 5.18. The van der Waals surface area contributed by atoms with Gasteiger partial charge in [0.05, 0.1) is 11.3 Å². The van der Waals surface area contributed by atoms with Gasteiger partial charge >= 0.3 is 5.97 Å². The molecule has 0 atom stereocenters. The van der Waals surface area contributed by atoms with Crippen LogP contribution in [0.25, 0.3) is 0 Å². The van der Waals surface area contributed by atoms with Crippen molar-refractivity contribution in [1.29, 1.82) is 0 Å². The third kappa shape index (κ3) is 3.24. The number of rotatable bonds is 3. The molecule has 2 fully saturated rings. The second kappa shape index (κ2) is 6.36. The van der Waals surface area contributed by atoms with Crippen molar-refractivity contribution in [2.75, 3.05) is 31.1 Å².